The Labute approximate surface area is 192 Å². The van der Waals surface area contributed by atoms with Gasteiger partial charge in [0.2, 0.25) is 0 Å². The van der Waals surface area contributed by atoms with Crippen LogP contribution < -0.4 is 5.32 Å². The number of hydrogen-bond acceptors (Lipinski definition) is 2. The first-order chi connectivity index (χ1) is 15.8. The maximum Gasteiger partial charge on any atom is 0.0329 e. The van der Waals surface area contributed by atoms with Crippen molar-refractivity contribution in [2.45, 2.75) is 68.2 Å². The molecule has 0 radical (unpaired) electrons. The van der Waals surface area contributed by atoms with Gasteiger partial charge in [-0.15, -0.1) is 0 Å². The van der Waals surface area contributed by atoms with E-state index in [1.165, 1.54) is 58.2 Å². The smallest absolute Gasteiger partial charge is 0.0329 e. The third-order valence-electron chi connectivity index (χ3n) is 10.9. The van der Waals surface area contributed by atoms with Crippen molar-refractivity contribution in [2.24, 2.45) is 17.8 Å². The van der Waals surface area contributed by atoms with Crippen LogP contribution in [0.25, 0.3) is 0 Å². The van der Waals surface area contributed by atoms with E-state index in [1.807, 2.05) is 0 Å². The van der Waals surface area contributed by atoms with E-state index in [1.54, 1.807) is 27.8 Å². The molecule has 2 aromatic carbocycles. The summed E-state index contributed by atoms with van der Waals surface area (Å²) in [6.07, 6.45) is 8.61. The van der Waals surface area contributed by atoms with Crippen LogP contribution in [0.2, 0.25) is 0 Å². The van der Waals surface area contributed by atoms with Crippen LogP contribution in [0, 0.1) is 17.8 Å². The summed E-state index contributed by atoms with van der Waals surface area (Å²) in [6.45, 7) is 5.31. The van der Waals surface area contributed by atoms with E-state index in [9.17, 15) is 0 Å². The van der Waals surface area contributed by atoms with Crippen molar-refractivity contribution in [2.75, 3.05) is 26.2 Å². The number of fused-ring (bicyclic) bond motifs is 8. The molecule has 0 aromatic heterocycles. The molecule has 9 aliphatic rings. The molecule has 11 rings (SSSR count). The van der Waals surface area contributed by atoms with Crippen LogP contribution in [0.3, 0.4) is 0 Å². The fourth-order valence-corrected chi connectivity index (χ4v) is 9.37. The second-order valence-electron chi connectivity index (χ2n) is 12.0. The van der Waals surface area contributed by atoms with Gasteiger partial charge in [-0.1, -0.05) is 42.5 Å². The van der Waals surface area contributed by atoms with Crippen molar-refractivity contribution in [3.63, 3.8) is 0 Å². The van der Waals surface area contributed by atoms with Crippen LogP contribution >= 0.6 is 0 Å². The van der Waals surface area contributed by atoms with Gasteiger partial charge in [0.05, 0.1) is 0 Å². The average molecular weight is 425 g/mol. The molecule has 0 amide bonds. The normalized spacial score (nSPS) is 43.2. The zero-order chi connectivity index (χ0) is 20.8. The predicted molar refractivity (Wildman–Crippen MR) is 129 cm³/mol. The number of piperidine rings is 4. The molecular formula is C30H36N2. The highest BCUT2D eigenvalue weighted by atomic mass is 15.1. The predicted octanol–water partition coefficient (Wildman–Crippen LogP) is 5.92. The zero-order valence-electron chi connectivity index (χ0n) is 19.2. The minimum absolute atomic E-state index is 0.551. The summed E-state index contributed by atoms with van der Waals surface area (Å²) in [5, 5.41) is 3.82. The Bertz CT molecular complexity index is 1050. The van der Waals surface area contributed by atoms with Gasteiger partial charge in [0.15, 0.2) is 0 Å². The highest BCUT2D eigenvalue weighted by Gasteiger charge is 2.48. The third kappa shape index (κ3) is 2.60. The lowest BCUT2D eigenvalue weighted by Crippen LogP contribution is -2.52. The van der Waals surface area contributed by atoms with Crippen molar-refractivity contribution in [1.29, 1.82) is 0 Å². The largest absolute Gasteiger partial charge is 0.309 e. The average Bonchev–Trinajstić information content (AvgIpc) is 2.90. The zero-order valence-corrected chi connectivity index (χ0v) is 19.2. The highest BCUT2D eigenvalue weighted by molar-refractivity contribution is 5.47. The van der Waals surface area contributed by atoms with Crippen LogP contribution in [0.4, 0.5) is 0 Å². The van der Waals surface area contributed by atoms with Gasteiger partial charge < -0.3 is 10.2 Å². The topological polar surface area (TPSA) is 15.3 Å². The molecule has 1 saturated carbocycles. The second-order valence-corrected chi connectivity index (χ2v) is 12.0. The van der Waals surface area contributed by atoms with Gasteiger partial charge in [-0.2, -0.15) is 0 Å². The second kappa shape index (κ2) is 6.93. The van der Waals surface area contributed by atoms with Gasteiger partial charge in [0.1, 0.15) is 0 Å². The Balaban J connectivity index is 1.12. The van der Waals surface area contributed by atoms with Gasteiger partial charge in [0.25, 0.3) is 0 Å². The quantitative estimate of drug-likeness (QED) is 0.643. The SMILES string of the molecule is c1ccc2c(c1)C1CC(c3ccc4c(c3)C3CCC4C(C4CN5CCC4CC5)C3)C2CN1. The molecule has 0 spiro atoms. The summed E-state index contributed by atoms with van der Waals surface area (Å²) >= 11 is 0. The molecule has 32 heavy (non-hydrogen) atoms. The van der Waals surface area contributed by atoms with E-state index in [4.69, 9.17) is 0 Å². The van der Waals surface area contributed by atoms with Crippen LogP contribution in [-0.4, -0.2) is 31.1 Å². The molecule has 6 bridgehead atoms. The molecule has 2 aromatic rings. The Morgan fingerprint density at radius 1 is 0.719 bits per heavy atom. The Morgan fingerprint density at radius 2 is 1.56 bits per heavy atom. The molecule has 166 valence electrons. The standard InChI is InChI=1S/C30H36N2/c1-2-4-24-21(3-1)28-16-31-30(24)15-26(28)19-5-7-22-23-8-6-20(25(22)13-19)14-27(23)29-17-32-11-9-18(29)10-12-32/h1-5,7,13,18,20,23,26-31H,6,8-12,14-17H2. The molecule has 2 heteroatoms. The lowest BCUT2D eigenvalue weighted by Gasteiger charge is -2.54. The van der Waals surface area contributed by atoms with Crippen LogP contribution in [0.5, 0.6) is 0 Å². The fraction of sp³-hybridized carbons (Fsp3) is 0.600. The van der Waals surface area contributed by atoms with Crippen LogP contribution in [0.15, 0.2) is 42.5 Å². The number of hydrogen-bond donors (Lipinski definition) is 1. The molecule has 1 N–H and O–H groups in total. The Morgan fingerprint density at radius 3 is 2.41 bits per heavy atom. The molecule has 5 fully saturated rings. The monoisotopic (exact) mass is 424 g/mol. The minimum Gasteiger partial charge on any atom is -0.309 e. The number of nitrogens with zero attached hydrogens (tertiary/aromatic N) is 1. The third-order valence-corrected chi connectivity index (χ3v) is 10.9. The van der Waals surface area contributed by atoms with Gasteiger partial charge in [0, 0.05) is 25.0 Å². The van der Waals surface area contributed by atoms with E-state index in [-0.39, 0.29) is 0 Å². The summed E-state index contributed by atoms with van der Waals surface area (Å²) in [5.41, 5.74) is 8.35. The Hall–Kier alpha value is -1.64. The summed E-state index contributed by atoms with van der Waals surface area (Å²) in [6, 6.07) is 17.6. The molecule has 5 aliphatic heterocycles. The molecule has 2 nitrogen and oxygen atoms in total. The lowest BCUT2D eigenvalue weighted by atomic mass is 9.55. The van der Waals surface area contributed by atoms with E-state index in [2.05, 4.69) is 52.7 Å². The summed E-state index contributed by atoms with van der Waals surface area (Å²) < 4.78 is 0. The number of rotatable bonds is 2. The van der Waals surface area contributed by atoms with Crippen molar-refractivity contribution >= 4 is 0 Å². The first-order valence-corrected chi connectivity index (χ1v) is 13.5. The molecule has 4 aliphatic carbocycles. The van der Waals surface area contributed by atoms with Gasteiger partial charge in [-0.25, -0.2) is 0 Å². The molecule has 5 heterocycles. The van der Waals surface area contributed by atoms with Crippen LogP contribution in [0.1, 0.15) is 96.1 Å². The summed E-state index contributed by atoms with van der Waals surface area (Å²) in [5.74, 6) is 5.99. The fourth-order valence-electron chi connectivity index (χ4n) is 9.37. The van der Waals surface area contributed by atoms with Crippen molar-refractivity contribution in [1.82, 2.24) is 10.2 Å². The van der Waals surface area contributed by atoms with E-state index < -0.39 is 0 Å². The van der Waals surface area contributed by atoms with Crippen molar-refractivity contribution in [3.8, 4) is 0 Å². The first-order valence-electron chi connectivity index (χ1n) is 13.5. The van der Waals surface area contributed by atoms with Gasteiger partial charge in [-0.05, 0) is 115 Å². The summed E-state index contributed by atoms with van der Waals surface area (Å²) in [7, 11) is 0. The lowest BCUT2D eigenvalue weighted by molar-refractivity contribution is -0.00386. The van der Waals surface area contributed by atoms with E-state index in [0.29, 0.717) is 17.9 Å². The highest BCUT2D eigenvalue weighted by Crippen LogP contribution is 2.58. The van der Waals surface area contributed by atoms with Crippen molar-refractivity contribution in [3.05, 3.63) is 70.3 Å². The van der Waals surface area contributed by atoms with Crippen LogP contribution in [-0.2, 0) is 0 Å². The molecule has 4 saturated heterocycles. The molecular weight excluding hydrogens is 388 g/mol. The molecule has 7 unspecified atom stereocenters. The van der Waals surface area contributed by atoms with E-state index in [0.717, 1.165) is 36.1 Å². The summed E-state index contributed by atoms with van der Waals surface area (Å²) in [4.78, 5) is 2.78. The minimum atomic E-state index is 0.551. The van der Waals surface area contributed by atoms with Gasteiger partial charge >= 0.3 is 0 Å². The maximum atomic E-state index is 3.82. The van der Waals surface area contributed by atoms with Gasteiger partial charge in [-0.3, -0.25) is 0 Å². The first kappa shape index (κ1) is 18.7. The number of nitrogens with one attached hydrogen (secondary N) is 1. The number of benzene rings is 2. The maximum absolute atomic E-state index is 3.82. The Kier molecular flexibility index (Phi) is 4.06. The molecule has 7 atom stereocenters. The van der Waals surface area contributed by atoms with Crippen molar-refractivity contribution < 1.29 is 0 Å². The van der Waals surface area contributed by atoms with E-state index >= 15 is 0 Å².